The van der Waals surface area contributed by atoms with Crippen molar-refractivity contribution in [2.24, 2.45) is 0 Å². The molecule has 0 spiro atoms. The highest BCUT2D eigenvalue weighted by atomic mass is 32.2. The number of hydrogen-bond donors (Lipinski definition) is 0. The van der Waals surface area contributed by atoms with Crippen LogP contribution in [0.3, 0.4) is 0 Å². The Morgan fingerprint density at radius 1 is 0.933 bits per heavy atom. The number of rotatable bonds is 5. The second-order valence-electron chi connectivity index (χ2n) is 7.16. The summed E-state index contributed by atoms with van der Waals surface area (Å²) in [5.41, 5.74) is 2.71. The zero-order chi connectivity index (χ0) is 20.6. The van der Waals surface area contributed by atoms with Crippen molar-refractivity contribution in [2.45, 2.75) is 10.8 Å². The van der Waals surface area contributed by atoms with E-state index in [0.717, 1.165) is 22.7 Å². The van der Waals surface area contributed by atoms with E-state index in [1.54, 1.807) is 28.0 Å². The summed E-state index contributed by atoms with van der Waals surface area (Å²) in [5, 5.41) is 1.80. The van der Waals surface area contributed by atoms with Gasteiger partial charge in [0.1, 0.15) is 15.6 Å². The van der Waals surface area contributed by atoms with E-state index in [4.69, 9.17) is 4.98 Å². The van der Waals surface area contributed by atoms with Crippen LogP contribution in [0, 0.1) is 0 Å². The van der Waals surface area contributed by atoms with Gasteiger partial charge in [0.2, 0.25) is 0 Å². The summed E-state index contributed by atoms with van der Waals surface area (Å²) in [5.74, 6) is 0.907. The molecule has 1 saturated heterocycles. The third-order valence-corrected chi connectivity index (χ3v) is 8.56. The SMILES string of the molecule is O=S(=O)(c1cccs1)N1CCN(Cc2nc3cccnc3n2-c2ccccc2)CC1. The number of hydrogen-bond acceptors (Lipinski definition) is 6. The van der Waals surface area contributed by atoms with Crippen molar-refractivity contribution >= 4 is 32.5 Å². The molecule has 7 nitrogen and oxygen atoms in total. The molecule has 0 aliphatic carbocycles. The van der Waals surface area contributed by atoms with Crippen LogP contribution in [-0.4, -0.2) is 58.3 Å². The number of piperazine rings is 1. The van der Waals surface area contributed by atoms with E-state index in [0.29, 0.717) is 36.9 Å². The van der Waals surface area contributed by atoms with Crippen LogP contribution in [0.2, 0.25) is 0 Å². The van der Waals surface area contributed by atoms with E-state index < -0.39 is 10.0 Å². The highest BCUT2D eigenvalue weighted by molar-refractivity contribution is 7.91. The van der Waals surface area contributed by atoms with Crippen molar-refractivity contribution in [3.63, 3.8) is 0 Å². The minimum Gasteiger partial charge on any atom is -0.293 e. The van der Waals surface area contributed by atoms with Gasteiger partial charge < -0.3 is 0 Å². The molecule has 3 aromatic heterocycles. The summed E-state index contributed by atoms with van der Waals surface area (Å²) in [4.78, 5) is 11.6. The van der Waals surface area contributed by atoms with Gasteiger partial charge in [-0.3, -0.25) is 9.47 Å². The van der Waals surface area contributed by atoms with Gasteiger partial charge in [0.25, 0.3) is 10.0 Å². The Kier molecular flexibility index (Phi) is 5.11. The van der Waals surface area contributed by atoms with Crippen LogP contribution in [0.25, 0.3) is 16.9 Å². The largest absolute Gasteiger partial charge is 0.293 e. The van der Waals surface area contributed by atoms with Gasteiger partial charge in [0, 0.05) is 38.1 Å². The lowest BCUT2D eigenvalue weighted by atomic mass is 10.3. The molecule has 1 aromatic carbocycles. The molecular formula is C21H21N5O2S2. The topological polar surface area (TPSA) is 71.3 Å². The first-order valence-electron chi connectivity index (χ1n) is 9.77. The number of benzene rings is 1. The molecule has 9 heteroatoms. The van der Waals surface area contributed by atoms with Gasteiger partial charge in [-0.1, -0.05) is 24.3 Å². The fraction of sp³-hybridized carbons (Fsp3) is 0.238. The second-order valence-corrected chi connectivity index (χ2v) is 10.3. The normalized spacial score (nSPS) is 16.3. The van der Waals surface area contributed by atoms with Crippen molar-refractivity contribution in [2.75, 3.05) is 26.2 Å². The highest BCUT2D eigenvalue weighted by Gasteiger charge is 2.29. The summed E-state index contributed by atoms with van der Waals surface area (Å²) < 4.78 is 29.6. The Balaban J connectivity index is 1.38. The molecule has 0 bridgehead atoms. The van der Waals surface area contributed by atoms with Gasteiger partial charge in [0.05, 0.1) is 6.54 Å². The van der Waals surface area contributed by atoms with E-state index in [-0.39, 0.29) is 0 Å². The number of pyridine rings is 1. The fourth-order valence-electron chi connectivity index (χ4n) is 3.78. The molecule has 0 saturated carbocycles. The van der Waals surface area contributed by atoms with Crippen LogP contribution in [0.1, 0.15) is 5.82 Å². The number of imidazole rings is 1. The first-order valence-corrected chi connectivity index (χ1v) is 12.1. The van der Waals surface area contributed by atoms with Gasteiger partial charge in [-0.05, 0) is 35.7 Å². The number of nitrogens with zero attached hydrogens (tertiary/aromatic N) is 5. The first-order chi connectivity index (χ1) is 14.6. The third-order valence-electron chi connectivity index (χ3n) is 5.29. The number of thiophene rings is 1. The van der Waals surface area contributed by atoms with Crippen LogP contribution < -0.4 is 0 Å². The van der Waals surface area contributed by atoms with Crippen LogP contribution in [0.5, 0.6) is 0 Å². The molecule has 4 aromatic rings. The second kappa shape index (κ2) is 7.92. The lowest BCUT2D eigenvalue weighted by Crippen LogP contribution is -2.48. The molecule has 0 amide bonds. The van der Waals surface area contributed by atoms with E-state index >= 15 is 0 Å². The average Bonchev–Trinajstić information content (AvgIpc) is 3.43. The average molecular weight is 440 g/mol. The molecular weight excluding hydrogens is 418 g/mol. The molecule has 1 fully saturated rings. The maximum atomic E-state index is 12.8. The predicted molar refractivity (Wildman–Crippen MR) is 117 cm³/mol. The van der Waals surface area contributed by atoms with Gasteiger partial charge in [-0.25, -0.2) is 18.4 Å². The van der Waals surface area contributed by atoms with Crippen molar-refractivity contribution < 1.29 is 8.42 Å². The lowest BCUT2D eigenvalue weighted by Gasteiger charge is -2.33. The molecule has 0 N–H and O–H groups in total. The molecule has 5 rings (SSSR count). The van der Waals surface area contributed by atoms with Gasteiger partial charge >= 0.3 is 0 Å². The smallest absolute Gasteiger partial charge is 0.252 e. The van der Waals surface area contributed by atoms with Gasteiger partial charge in [-0.2, -0.15) is 4.31 Å². The molecule has 0 radical (unpaired) electrons. The third kappa shape index (κ3) is 3.54. The minimum absolute atomic E-state index is 0.410. The van der Waals surface area contributed by atoms with E-state index in [9.17, 15) is 8.42 Å². The standard InChI is InChI=1S/C21H21N5O2S2/c27-30(28,20-9-5-15-29-20)25-13-11-24(12-14-25)16-19-23-18-8-4-10-22-21(18)26(19)17-6-2-1-3-7-17/h1-10,15H,11-14,16H2. The molecule has 30 heavy (non-hydrogen) atoms. The van der Waals surface area contributed by atoms with Crippen molar-refractivity contribution in [3.8, 4) is 5.69 Å². The van der Waals surface area contributed by atoms with Crippen LogP contribution in [0.4, 0.5) is 0 Å². The van der Waals surface area contributed by atoms with Crippen molar-refractivity contribution in [3.05, 3.63) is 72.0 Å². The fourth-order valence-corrected chi connectivity index (χ4v) is 6.35. The summed E-state index contributed by atoms with van der Waals surface area (Å²) in [6.07, 6.45) is 1.78. The Hall–Kier alpha value is -2.59. The summed E-state index contributed by atoms with van der Waals surface area (Å²) in [7, 11) is -3.39. The predicted octanol–water partition coefficient (Wildman–Crippen LogP) is 2.99. The Morgan fingerprint density at radius 2 is 1.73 bits per heavy atom. The summed E-state index contributed by atoms with van der Waals surface area (Å²) >= 11 is 1.27. The number of para-hydroxylation sites is 1. The molecule has 0 atom stereocenters. The van der Waals surface area contributed by atoms with Crippen molar-refractivity contribution in [1.29, 1.82) is 0 Å². The summed E-state index contributed by atoms with van der Waals surface area (Å²) in [6, 6.07) is 17.4. The number of aromatic nitrogens is 3. The zero-order valence-corrected chi connectivity index (χ0v) is 17.9. The van der Waals surface area contributed by atoms with Crippen LogP contribution >= 0.6 is 11.3 Å². The molecule has 0 unspecified atom stereocenters. The Morgan fingerprint density at radius 3 is 2.47 bits per heavy atom. The molecule has 4 heterocycles. The zero-order valence-electron chi connectivity index (χ0n) is 16.3. The minimum atomic E-state index is -3.39. The Labute approximate surface area is 179 Å². The maximum absolute atomic E-state index is 12.8. The Bertz CT molecular complexity index is 1250. The number of sulfonamides is 1. The van der Waals surface area contributed by atoms with Crippen LogP contribution in [0.15, 0.2) is 70.4 Å². The van der Waals surface area contributed by atoms with E-state index in [1.807, 2.05) is 42.5 Å². The van der Waals surface area contributed by atoms with Gasteiger partial charge in [-0.15, -0.1) is 11.3 Å². The maximum Gasteiger partial charge on any atom is 0.252 e. The lowest BCUT2D eigenvalue weighted by molar-refractivity contribution is 0.178. The summed E-state index contributed by atoms with van der Waals surface area (Å²) in [6.45, 7) is 2.91. The number of fused-ring (bicyclic) bond motifs is 1. The van der Waals surface area contributed by atoms with Crippen molar-refractivity contribution in [1.82, 2.24) is 23.7 Å². The van der Waals surface area contributed by atoms with E-state index in [2.05, 4.69) is 14.5 Å². The highest BCUT2D eigenvalue weighted by Crippen LogP contribution is 2.24. The molecule has 1 aliphatic heterocycles. The van der Waals surface area contributed by atoms with Gasteiger partial charge in [0.15, 0.2) is 5.65 Å². The quantitative estimate of drug-likeness (QED) is 0.478. The molecule has 154 valence electrons. The first kappa shape index (κ1) is 19.4. The molecule has 1 aliphatic rings. The van der Waals surface area contributed by atoms with E-state index in [1.165, 1.54) is 11.3 Å². The van der Waals surface area contributed by atoms with Crippen LogP contribution in [-0.2, 0) is 16.6 Å². The monoisotopic (exact) mass is 439 g/mol.